The Kier molecular flexibility index (Phi) is 7.42. The molecule has 0 bridgehead atoms. The molecule has 0 aromatic rings. The predicted molar refractivity (Wildman–Crippen MR) is 56.9 cm³/mol. The Balaban J connectivity index is 3.61. The molecule has 0 aromatic heterocycles. The number of amides is 1. The van der Waals surface area contributed by atoms with Crippen molar-refractivity contribution in [2.45, 2.75) is 32.7 Å². The minimum Gasteiger partial charge on any atom is -0.385 e. The number of nitrogens with one attached hydrogen (secondary N) is 1. The lowest BCUT2D eigenvalue weighted by atomic mass is 10.1. The van der Waals surface area contributed by atoms with Gasteiger partial charge >= 0.3 is 0 Å². The Morgan fingerprint density at radius 2 is 2.21 bits per heavy atom. The summed E-state index contributed by atoms with van der Waals surface area (Å²) in [6.07, 6.45) is 1.64. The molecule has 2 atom stereocenters. The molecule has 0 aromatic carbocycles. The van der Waals surface area contributed by atoms with Gasteiger partial charge in [-0.2, -0.15) is 0 Å². The van der Waals surface area contributed by atoms with Crippen molar-refractivity contribution in [1.82, 2.24) is 5.32 Å². The highest BCUT2D eigenvalue weighted by atomic mass is 16.5. The van der Waals surface area contributed by atoms with Gasteiger partial charge in [0.1, 0.15) is 0 Å². The van der Waals surface area contributed by atoms with E-state index in [0.29, 0.717) is 25.5 Å². The average molecular weight is 202 g/mol. The first-order valence-electron chi connectivity index (χ1n) is 5.14. The molecule has 0 rings (SSSR count). The molecule has 0 spiro atoms. The van der Waals surface area contributed by atoms with Crippen LogP contribution in [0.5, 0.6) is 0 Å². The zero-order valence-electron chi connectivity index (χ0n) is 9.38. The molecule has 3 N–H and O–H groups in total. The normalized spacial score (nSPS) is 14.9. The van der Waals surface area contributed by atoms with Crippen molar-refractivity contribution in [3.05, 3.63) is 0 Å². The molecular formula is C10H22N2O2. The van der Waals surface area contributed by atoms with Crippen molar-refractivity contribution in [1.29, 1.82) is 0 Å². The van der Waals surface area contributed by atoms with Crippen LogP contribution < -0.4 is 11.1 Å². The van der Waals surface area contributed by atoms with E-state index in [1.54, 1.807) is 7.11 Å². The second-order valence-corrected chi connectivity index (χ2v) is 3.65. The second-order valence-electron chi connectivity index (χ2n) is 3.65. The topological polar surface area (TPSA) is 64.4 Å². The van der Waals surface area contributed by atoms with E-state index in [0.717, 1.165) is 6.42 Å². The van der Waals surface area contributed by atoms with Crippen LogP contribution in [0.15, 0.2) is 0 Å². The molecule has 14 heavy (non-hydrogen) atoms. The lowest BCUT2D eigenvalue weighted by Gasteiger charge is -2.14. The summed E-state index contributed by atoms with van der Waals surface area (Å²) < 4.78 is 4.85. The smallest absolute Gasteiger partial charge is 0.237 e. The Morgan fingerprint density at radius 1 is 1.57 bits per heavy atom. The third kappa shape index (κ3) is 5.94. The fourth-order valence-electron chi connectivity index (χ4n) is 0.926. The lowest BCUT2D eigenvalue weighted by Crippen LogP contribution is -2.42. The first kappa shape index (κ1) is 13.4. The van der Waals surface area contributed by atoms with E-state index < -0.39 is 6.04 Å². The zero-order valence-corrected chi connectivity index (χ0v) is 9.38. The summed E-state index contributed by atoms with van der Waals surface area (Å²) >= 11 is 0. The minimum atomic E-state index is -0.445. The van der Waals surface area contributed by atoms with Gasteiger partial charge in [-0.25, -0.2) is 0 Å². The Bertz CT molecular complexity index is 162. The third-order valence-corrected chi connectivity index (χ3v) is 2.29. The van der Waals surface area contributed by atoms with Gasteiger partial charge in [0.15, 0.2) is 0 Å². The molecule has 0 aliphatic carbocycles. The summed E-state index contributed by atoms with van der Waals surface area (Å²) in [5.74, 6) is 0.427. The minimum absolute atomic E-state index is 0.0812. The van der Waals surface area contributed by atoms with E-state index >= 15 is 0 Å². The molecule has 1 amide bonds. The van der Waals surface area contributed by atoms with E-state index in [1.807, 2.05) is 0 Å². The summed E-state index contributed by atoms with van der Waals surface area (Å²) in [7, 11) is 1.60. The first-order chi connectivity index (χ1) is 6.61. The maximum Gasteiger partial charge on any atom is 0.237 e. The highest BCUT2D eigenvalue weighted by Gasteiger charge is 2.12. The maximum atomic E-state index is 11.4. The Morgan fingerprint density at radius 3 is 2.71 bits per heavy atom. The molecule has 0 heterocycles. The van der Waals surface area contributed by atoms with Crippen LogP contribution in [0.2, 0.25) is 0 Å². The number of nitrogens with two attached hydrogens (primary N) is 1. The van der Waals surface area contributed by atoms with Crippen LogP contribution in [0.3, 0.4) is 0 Å². The van der Waals surface area contributed by atoms with E-state index in [4.69, 9.17) is 10.5 Å². The number of ether oxygens (including phenoxy) is 1. The monoisotopic (exact) mass is 202 g/mol. The van der Waals surface area contributed by atoms with Gasteiger partial charge in [-0.1, -0.05) is 20.3 Å². The summed E-state index contributed by atoms with van der Waals surface area (Å²) in [4.78, 5) is 11.4. The summed E-state index contributed by atoms with van der Waals surface area (Å²) in [5.41, 5.74) is 5.64. The molecule has 4 heteroatoms. The highest BCUT2D eigenvalue weighted by molar-refractivity contribution is 5.81. The average Bonchev–Trinajstić information content (AvgIpc) is 2.21. The largest absolute Gasteiger partial charge is 0.385 e. The van der Waals surface area contributed by atoms with Gasteiger partial charge in [0.25, 0.3) is 0 Å². The van der Waals surface area contributed by atoms with Gasteiger partial charge in [0, 0.05) is 20.3 Å². The van der Waals surface area contributed by atoms with Crippen LogP contribution in [-0.4, -0.2) is 32.2 Å². The SMILES string of the molecule is CCC(C)CNC(=O)C(N)CCOC. The van der Waals surface area contributed by atoms with Gasteiger partial charge in [-0.3, -0.25) is 4.79 Å². The van der Waals surface area contributed by atoms with E-state index in [9.17, 15) is 4.79 Å². The highest BCUT2D eigenvalue weighted by Crippen LogP contribution is 1.97. The van der Waals surface area contributed by atoms with Gasteiger partial charge in [0.2, 0.25) is 5.91 Å². The molecule has 0 aliphatic rings. The van der Waals surface area contributed by atoms with Gasteiger partial charge in [-0.05, 0) is 12.3 Å². The van der Waals surface area contributed by atoms with Crippen molar-refractivity contribution in [2.75, 3.05) is 20.3 Å². The van der Waals surface area contributed by atoms with Crippen molar-refractivity contribution >= 4 is 5.91 Å². The van der Waals surface area contributed by atoms with Gasteiger partial charge in [0.05, 0.1) is 6.04 Å². The number of carbonyl (C=O) groups excluding carboxylic acids is 1. The molecule has 0 saturated carbocycles. The number of hydrogen-bond donors (Lipinski definition) is 2. The number of rotatable bonds is 7. The van der Waals surface area contributed by atoms with E-state index in [2.05, 4.69) is 19.2 Å². The van der Waals surface area contributed by atoms with Crippen LogP contribution in [0, 0.1) is 5.92 Å². The molecule has 0 saturated heterocycles. The lowest BCUT2D eigenvalue weighted by molar-refractivity contribution is -0.122. The fourth-order valence-corrected chi connectivity index (χ4v) is 0.926. The van der Waals surface area contributed by atoms with Crippen molar-refractivity contribution in [3.8, 4) is 0 Å². The fraction of sp³-hybridized carbons (Fsp3) is 0.900. The quantitative estimate of drug-likeness (QED) is 0.632. The van der Waals surface area contributed by atoms with Gasteiger partial charge < -0.3 is 15.8 Å². The van der Waals surface area contributed by atoms with Crippen LogP contribution in [0.4, 0.5) is 0 Å². The van der Waals surface area contributed by atoms with E-state index in [1.165, 1.54) is 0 Å². The molecular weight excluding hydrogens is 180 g/mol. The molecule has 0 radical (unpaired) electrons. The standard InChI is InChI=1S/C10H22N2O2/c1-4-8(2)7-12-10(13)9(11)5-6-14-3/h8-9H,4-7,11H2,1-3H3,(H,12,13). The molecule has 0 aliphatic heterocycles. The number of methoxy groups -OCH3 is 1. The summed E-state index contributed by atoms with van der Waals surface area (Å²) in [5, 5.41) is 2.82. The van der Waals surface area contributed by atoms with Crippen LogP contribution in [0.1, 0.15) is 26.7 Å². The van der Waals surface area contributed by atoms with Crippen molar-refractivity contribution in [2.24, 2.45) is 11.7 Å². The van der Waals surface area contributed by atoms with Crippen LogP contribution in [0.25, 0.3) is 0 Å². The number of hydrogen-bond acceptors (Lipinski definition) is 3. The maximum absolute atomic E-state index is 11.4. The third-order valence-electron chi connectivity index (χ3n) is 2.29. The Hall–Kier alpha value is -0.610. The Labute approximate surface area is 86.2 Å². The molecule has 84 valence electrons. The van der Waals surface area contributed by atoms with Gasteiger partial charge in [-0.15, -0.1) is 0 Å². The predicted octanol–water partition coefficient (Wildman–Crippen LogP) is 0.513. The number of carbonyl (C=O) groups is 1. The van der Waals surface area contributed by atoms with Crippen molar-refractivity contribution < 1.29 is 9.53 Å². The molecule has 0 fully saturated rings. The summed E-state index contributed by atoms with van der Waals surface area (Å²) in [6.45, 7) is 5.43. The molecule has 2 unspecified atom stereocenters. The van der Waals surface area contributed by atoms with Crippen LogP contribution in [-0.2, 0) is 9.53 Å². The zero-order chi connectivity index (χ0) is 11.0. The van der Waals surface area contributed by atoms with E-state index in [-0.39, 0.29) is 5.91 Å². The first-order valence-corrected chi connectivity index (χ1v) is 5.14. The van der Waals surface area contributed by atoms with Crippen molar-refractivity contribution in [3.63, 3.8) is 0 Å². The van der Waals surface area contributed by atoms with Crippen LogP contribution >= 0.6 is 0 Å². The molecule has 4 nitrogen and oxygen atoms in total. The second kappa shape index (κ2) is 7.76. The summed E-state index contributed by atoms with van der Waals surface area (Å²) in [6, 6.07) is -0.445.